The van der Waals surface area contributed by atoms with Crippen molar-refractivity contribution < 1.29 is 9.59 Å². The maximum absolute atomic E-state index is 13.0. The van der Waals surface area contributed by atoms with Crippen molar-refractivity contribution in [3.05, 3.63) is 24.4 Å². The summed E-state index contributed by atoms with van der Waals surface area (Å²) in [5.74, 6) is 0.0955. The van der Waals surface area contributed by atoms with Crippen LogP contribution in [0.5, 0.6) is 0 Å². The van der Waals surface area contributed by atoms with Gasteiger partial charge in [-0.1, -0.05) is 0 Å². The van der Waals surface area contributed by atoms with Crippen molar-refractivity contribution in [2.75, 3.05) is 31.5 Å². The number of H-pyrrole nitrogens is 1. The van der Waals surface area contributed by atoms with Crippen LogP contribution in [0, 0.1) is 0 Å². The molecule has 2 aromatic rings. The summed E-state index contributed by atoms with van der Waals surface area (Å²) in [6.45, 7) is 2.31. The van der Waals surface area contributed by atoms with Gasteiger partial charge in [0.25, 0.3) is 0 Å². The van der Waals surface area contributed by atoms with Crippen LogP contribution in [0.3, 0.4) is 0 Å². The molecule has 0 aliphatic carbocycles. The molecule has 2 aliphatic heterocycles. The zero-order valence-corrected chi connectivity index (χ0v) is 16.4. The first-order valence-electron chi connectivity index (χ1n) is 10.2. The molecule has 2 fully saturated rings. The molecular formula is C20H27N7O2. The van der Waals surface area contributed by atoms with Crippen LogP contribution in [0.15, 0.2) is 29.4 Å². The molecule has 0 radical (unpaired) electrons. The molecule has 0 saturated carbocycles. The van der Waals surface area contributed by atoms with E-state index in [1.807, 2.05) is 23.1 Å². The molecule has 1 atom stereocenters. The summed E-state index contributed by atoms with van der Waals surface area (Å²) in [6, 6.07) is 5.14. The summed E-state index contributed by atoms with van der Waals surface area (Å²) in [6.07, 6.45) is 6.21. The van der Waals surface area contributed by atoms with E-state index in [-0.39, 0.29) is 24.3 Å². The van der Waals surface area contributed by atoms with Crippen LogP contribution in [0.1, 0.15) is 32.1 Å². The molecule has 9 heteroatoms. The van der Waals surface area contributed by atoms with Crippen LogP contribution in [0.2, 0.25) is 0 Å². The van der Waals surface area contributed by atoms with Gasteiger partial charge < -0.3 is 20.9 Å². The maximum atomic E-state index is 13.0. The van der Waals surface area contributed by atoms with Gasteiger partial charge in [0.15, 0.2) is 5.96 Å². The van der Waals surface area contributed by atoms with E-state index in [1.165, 1.54) is 0 Å². The quantitative estimate of drug-likeness (QED) is 0.530. The molecule has 3 heterocycles. The molecule has 29 heavy (non-hydrogen) atoms. The van der Waals surface area contributed by atoms with Gasteiger partial charge in [-0.05, 0) is 50.3 Å². The second-order valence-corrected chi connectivity index (χ2v) is 7.67. The number of amides is 2. The fraction of sp³-hybridized carbons (Fsp3) is 0.500. The molecule has 2 amide bonds. The molecule has 4 N–H and O–H groups in total. The van der Waals surface area contributed by atoms with Gasteiger partial charge in [0.05, 0.1) is 18.3 Å². The molecular weight excluding hydrogens is 370 g/mol. The lowest BCUT2D eigenvalue weighted by Gasteiger charge is -2.25. The molecule has 2 saturated heterocycles. The number of rotatable bonds is 4. The van der Waals surface area contributed by atoms with Crippen molar-refractivity contribution >= 4 is 34.4 Å². The summed E-state index contributed by atoms with van der Waals surface area (Å²) >= 11 is 0. The van der Waals surface area contributed by atoms with Crippen LogP contribution in [0.4, 0.5) is 5.69 Å². The van der Waals surface area contributed by atoms with E-state index in [2.05, 4.69) is 20.5 Å². The number of nitrogens with two attached hydrogens (primary N) is 1. The molecule has 0 spiro atoms. The molecule has 9 nitrogen and oxygen atoms in total. The fourth-order valence-corrected chi connectivity index (χ4v) is 3.95. The van der Waals surface area contributed by atoms with Gasteiger partial charge in [0.1, 0.15) is 6.04 Å². The predicted octanol–water partition coefficient (Wildman–Crippen LogP) is 1.29. The normalized spacial score (nSPS) is 20.9. The minimum absolute atomic E-state index is 0.0273. The number of guanidine groups is 1. The standard InChI is InChI=1S/C20H27N7O2/c21-20(23-15-7-6-14-12-22-25-17(14)11-15)24-16-5-1-2-10-27(19(16)29)13-18(28)26-8-3-4-9-26/h6-7,11-12,16H,1-5,8-10,13H2,(H,22,25)(H3,21,23,24). The highest BCUT2D eigenvalue weighted by atomic mass is 16.2. The Morgan fingerprint density at radius 1 is 1.24 bits per heavy atom. The highest BCUT2D eigenvalue weighted by molar-refractivity contribution is 5.97. The Bertz CT molecular complexity index is 916. The van der Waals surface area contributed by atoms with Crippen molar-refractivity contribution in [2.45, 2.75) is 38.1 Å². The number of anilines is 1. The van der Waals surface area contributed by atoms with E-state index in [0.29, 0.717) is 13.0 Å². The summed E-state index contributed by atoms with van der Waals surface area (Å²) in [5, 5.41) is 11.0. The fourth-order valence-electron chi connectivity index (χ4n) is 3.95. The first-order chi connectivity index (χ1) is 14.1. The van der Waals surface area contributed by atoms with Gasteiger partial charge in [-0.15, -0.1) is 0 Å². The molecule has 2 aliphatic rings. The van der Waals surface area contributed by atoms with Crippen molar-refractivity contribution in [2.24, 2.45) is 10.7 Å². The van der Waals surface area contributed by atoms with E-state index in [9.17, 15) is 9.59 Å². The number of likely N-dealkylation sites (tertiary alicyclic amines) is 2. The third-order valence-corrected chi connectivity index (χ3v) is 5.55. The monoisotopic (exact) mass is 397 g/mol. The topological polar surface area (TPSA) is 120 Å². The van der Waals surface area contributed by atoms with Gasteiger partial charge in [-0.25, -0.2) is 4.99 Å². The molecule has 0 bridgehead atoms. The van der Waals surface area contributed by atoms with Crippen LogP contribution >= 0.6 is 0 Å². The van der Waals surface area contributed by atoms with Crippen molar-refractivity contribution in [1.29, 1.82) is 0 Å². The van der Waals surface area contributed by atoms with Crippen LogP contribution in [0.25, 0.3) is 10.9 Å². The Balaban J connectivity index is 1.42. The number of aromatic nitrogens is 2. The van der Waals surface area contributed by atoms with Gasteiger partial charge in [0.2, 0.25) is 11.8 Å². The zero-order valence-electron chi connectivity index (χ0n) is 16.4. The summed E-state index contributed by atoms with van der Waals surface area (Å²) in [4.78, 5) is 33.4. The maximum Gasteiger partial charge on any atom is 0.247 e. The second kappa shape index (κ2) is 8.50. The van der Waals surface area contributed by atoms with Gasteiger partial charge in [-0.3, -0.25) is 14.7 Å². The minimum atomic E-state index is -0.563. The average Bonchev–Trinajstić information content (AvgIpc) is 3.37. The molecule has 1 unspecified atom stereocenters. The first kappa shape index (κ1) is 19.2. The average molecular weight is 397 g/mol. The number of nitrogens with zero attached hydrogens (tertiary/aromatic N) is 4. The summed E-state index contributed by atoms with van der Waals surface area (Å²) < 4.78 is 0. The predicted molar refractivity (Wildman–Crippen MR) is 111 cm³/mol. The number of benzene rings is 1. The number of carbonyl (C=O) groups is 2. The lowest BCUT2D eigenvalue weighted by atomic mass is 10.1. The number of hydrogen-bond acceptors (Lipinski definition) is 4. The van der Waals surface area contributed by atoms with E-state index < -0.39 is 6.04 Å². The third-order valence-electron chi connectivity index (χ3n) is 5.55. The van der Waals surface area contributed by atoms with Crippen LogP contribution in [-0.2, 0) is 9.59 Å². The lowest BCUT2D eigenvalue weighted by Crippen LogP contribution is -2.45. The number of nitrogens with one attached hydrogen (secondary N) is 2. The van der Waals surface area contributed by atoms with E-state index in [0.717, 1.165) is 55.4 Å². The van der Waals surface area contributed by atoms with Crippen molar-refractivity contribution in [3.63, 3.8) is 0 Å². The molecule has 154 valence electrons. The Morgan fingerprint density at radius 3 is 2.86 bits per heavy atom. The Morgan fingerprint density at radius 2 is 2.03 bits per heavy atom. The Hall–Kier alpha value is -3.10. The summed E-state index contributed by atoms with van der Waals surface area (Å²) in [7, 11) is 0. The van der Waals surface area contributed by atoms with Gasteiger partial charge >= 0.3 is 0 Å². The lowest BCUT2D eigenvalue weighted by molar-refractivity contribution is -0.140. The second-order valence-electron chi connectivity index (χ2n) is 7.67. The number of aliphatic imine (C=N–C) groups is 1. The molecule has 1 aromatic carbocycles. The smallest absolute Gasteiger partial charge is 0.247 e. The van der Waals surface area contributed by atoms with Gasteiger partial charge in [-0.2, -0.15) is 5.10 Å². The van der Waals surface area contributed by atoms with Gasteiger partial charge in [0, 0.05) is 30.7 Å². The molecule has 1 aromatic heterocycles. The van der Waals surface area contributed by atoms with Crippen LogP contribution < -0.4 is 11.1 Å². The number of carbonyl (C=O) groups excluding carboxylic acids is 2. The number of aromatic amines is 1. The zero-order chi connectivity index (χ0) is 20.2. The van der Waals surface area contributed by atoms with Crippen molar-refractivity contribution in [3.8, 4) is 0 Å². The minimum Gasteiger partial charge on any atom is -0.370 e. The largest absolute Gasteiger partial charge is 0.370 e. The van der Waals surface area contributed by atoms with E-state index in [4.69, 9.17) is 5.73 Å². The molecule has 4 rings (SSSR count). The number of fused-ring (bicyclic) bond motifs is 1. The number of hydrogen-bond donors (Lipinski definition) is 3. The highest BCUT2D eigenvalue weighted by Gasteiger charge is 2.30. The van der Waals surface area contributed by atoms with Crippen LogP contribution in [-0.4, -0.2) is 70.0 Å². The highest BCUT2D eigenvalue weighted by Crippen LogP contribution is 2.18. The Labute approximate surface area is 169 Å². The Kier molecular flexibility index (Phi) is 5.64. The first-order valence-corrected chi connectivity index (χ1v) is 10.2. The van der Waals surface area contributed by atoms with E-state index >= 15 is 0 Å². The van der Waals surface area contributed by atoms with E-state index in [1.54, 1.807) is 11.1 Å². The third kappa shape index (κ3) is 4.49. The van der Waals surface area contributed by atoms with Crippen molar-refractivity contribution in [1.82, 2.24) is 20.0 Å². The SMILES string of the molecule is NC(=NC1CCCCN(CC(=O)N2CCCC2)C1=O)Nc1ccc2cn[nH]c2c1. The summed E-state index contributed by atoms with van der Waals surface area (Å²) in [5.41, 5.74) is 7.74.